The first kappa shape index (κ1) is 15.3. The molecule has 0 bridgehead atoms. The Labute approximate surface area is 134 Å². The Hall–Kier alpha value is -1.09. The minimum atomic E-state index is 0.621. The molecule has 0 unspecified atom stereocenters. The second-order valence-electron chi connectivity index (χ2n) is 4.44. The largest absolute Gasteiger partial charge is 0.383 e. The predicted octanol–water partition coefficient (Wildman–Crippen LogP) is 5.48. The molecule has 0 saturated carbocycles. The van der Waals surface area contributed by atoms with Gasteiger partial charge in [0.05, 0.1) is 10.7 Å². The van der Waals surface area contributed by atoms with Crippen molar-refractivity contribution in [1.82, 2.24) is 0 Å². The fourth-order valence-electron chi connectivity index (χ4n) is 1.74. The van der Waals surface area contributed by atoms with Crippen molar-refractivity contribution in [2.24, 2.45) is 0 Å². The lowest BCUT2D eigenvalue weighted by Gasteiger charge is -2.11. The molecule has 2 nitrogen and oxygen atoms in total. The molecule has 0 atom stereocenters. The van der Waals surface area contributed by atoms with Crippen molar-refractivity contribution in [3.63, 3.8) is 0 Å². The highest BCUT2D eigenvalue weighted by molar-refractivity contribution is 6.36. The molecule has 0 aliphatic carbocycles. The van der Waals surface area contributed by atoms with E-state index in [0.717, 1.165) is 35.1 Å². The number of hydrogen-bond donors (Lipinski definition) is 2. The van der Waals surface area contributed by atoms with Crippen molar-refractivity contribution in [2.75, 3.05) is 23.7 Å². The van der Waals surface area contributed by atoms with Gasteiger partial charge in [-0.15, -0.1) is 0 Å². The highest BCUT2D eigenvalue weighted by Gasteiger charge is 2.00. The molecule has 0 fully saturated rings. The lowest BCUT2D eigenvalue weighted by atomic mass is 10.2. The van der Waals surface area contributed by atoms with E-state index >= 15 is 0 Å². The molecule has 5 heteroatoms. The van der Waals surface area contributed by atoms with Crippen molar-refractivity contribution in [3.05, 3.63) is 57.0 Å². The molecule has 2 aromatic carbocycles. The first-order valence-electron chi connectivity index (χ1n) is 6.25. The lowest BCUT2D eigenvalue weighted by Crippen LogP contribution is -2.13. The summed E-state index contributed by atoms with van der Waals surface area (Å²) in [6, 6.07) is 11.3. The summed E-state index contributed by atoms with van der Waals surface area (Å²) in [6.07, 6.45) is 0. The number of benzene rings is 2. The zero-order valence-corrected chi connectivity index (χ0v) is 13.3. The molecule has 2 rings (SSSR count). The number of rotatable bonds is 5. The van der Waals surface area contributed by atoms with Crippen LogP contribution in [0.25, 0.3) is 0 Å². The molecule has 0 spiro atoms. The summed E-state index contributed by atoms with van der Waals surface area (Å²) < 4.78 is 0. The van der Waals surface area contributed by atoms with Crippen LogP contribution in [-0.4, -0.2) is 13.1 Å². The Balaban J connectivity index is 1.82. The van der Waals surface area contributed by atoms with Gasteiger partial charge in [0.25, 0.3) is 0 Å². The molecule has 0 saturated heterocycles. The normalized spacial score (nSPS) is 10.4. The molecule has 0 amide bonds. The van der Waals surface area contributed by atoms with Crippen molar-refractivity contribution in [1.29, 1.82) is 0 Å². The van der Waals surface area contributed by atoms with Gasteiger partial charge in [-0.05, 0) is 42.8 Å². The molecule has 0 aliphatic rings. The van der Waals surface area contributed by atoms with E-state index in [-0.39, 0.29) is 0 Å². The van der Waals surface area contributed by atoms with E-state index < -0.39 is 0 Å². The molecule has 0 aliphatic heterocycles. The van der Waals surface area contributed by atoms with Gasteiger partial charge in [-0.3, -0.25) is 0 Å². The van der Waals surface area contributed by atoms with E-state index in [1.54, 1.807) is 6.07 Å². The third kappa shape index (κ3) is 4.20. The maximum Gasteiger partial charge on any atom is 0.0652 e. The van der Waals surface area contributed by atoms with E-state index in [9.17, 15) is 0 Å². The van der Waals surface area contributed by atoms with Crippen LogP contribution < -0.4 is 10.6 Å². The fraction of sp³-hybridized carbons (Fsp3) is 0.200. The van der Waals surface area contributed by atoms with Gasteiger partial charge in [0.2, 0.25) is 0 Å². The third-order valence-electron chi connectivity index (χ3n) is 2.87. The number of anilines is 2. The molecular weight excluding hydrogens is 315 g/mol. The van der Waals surface area contributed by atoms with Crippen LogP contribution in [0.4, 0.5) is 11.4 Å². The summed E-state index contributed by atoms with van der Waals surface area (Å²) >= 11 is 18.0. The zero-order valence-electron chi connectivity index (χ0n) is 11.0. The Bertz CT molecular complexity index is 600. The van der Waals surface area contributed by atoms with Crippen molar-refractivity contribution in [3.8, 4) is 0 Å². The van der Waals surface area contributed by atoms with Crippen LogP contribution in [0.15, 0.2) is 36.4 Å². The van der Waals surface area contributed by atoms with Gasteiger partial charge in [-0.25, -0.2) is 0 Å². The summed E-state index contributed by atoms with van der Waals surface area (Å²) in [6.45, 7) is 3.49. The van der Waals surface area contributed by atoms with Crippen molar-refractivity contribution >= 4 is 46.2 Å². The van der Waals surface area contributed by atoms with E-state index in [0.29, 0.717) is 10.0 Å². The van der Waals surface area contributed by atoms with Crippen molar-refractivity contribution < 1.29 is 0 Å². The van der Waals surface area contributed by atoms with Crippen LogP contribution in [0.2, 0.25) is 15.1 Å². The van der Waals surface area contributed by atoms with Crippen LogP contribution in [0.1, 0.15) is 5.56 Å². The Kier molecular flexibility index (Phi) is 5.41. The average molecular weight is 330 g/mol. The maximum atomic E-state index is 6.08. The van der Waals surface area contributed by atoms with E-state index in [1.165, 1.54) is 0 Å². The molecule has 0 radical (unpaired) electrons. The predicted molar refractivity (Wildman–Crippen MR) is 89.6 cm³/mol. The summed E-state index contributed by atoms with van der Waals surface area (Å²) in [7, 11) is 0. The van der Waals surface area contributed by atoms with Crippen LogP contribution in [0.3, 0.4) is 0 Å². The van der Waals surface area contributed by atoms with E-state index in [1.807, 2.05) is 37.3 Å². The first-order chi connectivity index (χ1) is 9.56. The van der Waals surface area contributed by atoms with Gasteiger partial charge < -0.3 is 10.6 Å². The first-order valence-corrected chi connectivity index (χ1v) is 7.38. The number of aryl methyl sites for hydroxylation is 1. The van der Waals surface area contributed by atoms with Gasteiger partial charge in [-0.2, -0.15) is 0 Å². The quantitative estimate of drug-likeness (QED) is 0.710. The minimum absolute atomic E-state index is 0.621. The van der Waals surface area contributed by atoms with Crippen molar-refractivity contribution in [2.45, 2.75) is 6.92 Å². The van der Waals surface area contributed by atoms with E-state index in [2.05, 4.69) is 10.6 Å². The van der Waals surface area contributed by atoms with Crippen LogP contribution in [0.5, 0.6) is 0 Å². The highest BCUT2D eigenvalue weighted by atomic mass is 35.5. The van der Waals surface area contributed by atoms with Crippen LogP contribution >= 0.6 is 34.8 Å². The summed E-state index contributed by atoms with van der Waals surface area (Å²) in [5.41, 5.74) is 2.95. The monoisotopic (exact) mass is 328 g/mol. The number of halogens is 3. The molecule has 20 heavy (non-hydrogen) atoms. The Morgan fingerprint density at radius 2 is 1.60 bits per heavy atom. The zero-order chi connectivity index (χ0) is 14.5. The average Bonchev–Trinajstić information content (AvgIpc) is 2.40. The van der Waals surface area contributed by atoms with Crippen LogP contribution in [-0.2, 0) is 0 Å². The van der Waals surface area contributed by atoms with Gasteiger partial charge in [-0.1, -0.05) is 40.9 Å². The highest BCUT2D eigenvalue weighted by Crippen LogP contribution is 2.25. The van der Waals surface area contributed by atoms with Gasteiger partial charge in [0, 0.05) is 28.8 Å². The number of nitrogens with one attached hydrogen (secondary N) is 2. The summed E-state index contributed by atoms with van der Waals surface area (Å²) in [5.74, 6) is 0. The standard InChI is InChI=1S/C15H15Cl3N2/c1-10-2-4-12(9-13(10)17)19-6-7-20-15-5-3-11(16)8-14(15)18/h2-5,8-9,19-20H,6-7H2,1H3. The van der Waals surface area contributed by atoms with Crippen LogP contribution in [0, 0.1) is 6.92 Å². The molecule has 0 heterocycles. The van der Waals surface area contributed by atoms with Gasteiger partial charge >= 0.3 is 0 Å². The Morgan fingerprint density at radius 3 is 2.30 bits per heavy atom. The smallest absolute Gasteiger partial charge is 0.0652 e. The lowest BCUT2D eigenvalue weighted by molar-refractivity contribution is 1.08. The summed E-state index contributed by atoms with van der Waals surface area (Å²) in [5, 5.41) is 8.57. The molecule has 2 aromatic rings. The Morgan fingerprint density at radius 1 is 0.850 bits per heavy atom. The second-order valence-corrected chi connectivity index (χ2v) is 5.69. The topological polar surface area (TPSA) is 24.1 Å². The third-order valence-corrected chi connectivity index (χ3v) is 3.83. The minimum Gasteiger partial charge on any atom is -0.383 e. The van der Waals surface area contributed by atoms with Gasteiger partial charge in [0.15, 0.2) is 0 Å². The van der Waals surface area contributed by atoms with E-state index in [4.69, 9.17) is 34.8 Å². The van der Waals surface area contributed by atoms with Gasteiger partial charge in [0.1, 0.15) is 0 Å². The summed E-state index contributed by atoms with van der Waals surface area (Å²) in [4.78, 5) is 0. The SMILES string of the molecule is Cc1ccc(NCCNc2ccc(Cl)cc2Cl)cc1Cl. The molecule has 2 N–H and O–H groups in total. The molecular formula is C15H15Cl3N2. The molecule has 106 valence electrons. The fourth-order valence-corrected chi connectivity index (χ4v) is 2.40. The second kappa shape index (κ2) is 7.07. The molecule has 0 aromatic heterocycles. The maximum absolute atomic E-state index is 6.08. The number of hydrogen-bond acceptors (Lipinski definition) is 2.